The molecule has 1 aliphatic rings. The van der Waals surface area contributed by atoms with E-state index < -0.39 is 17.7 Å². The maximum atomic E-state index is 13.6. The molecule has 1 atom stereocenters. The lowest BCUT2D eigenvalue weighted by atomic mass is 9.94. The van der Waals surface area contributed by atoms with Crippen LogP contribution in [0.3, 0.4) is 0 Å². The number of rotatable bonds is 9. The molecule has 0 bridgehead atoms. The van der Waals surface area contributed by atoms with Crippen LogP contribution in [0.25, 0.3) is 5.76 Å². The normalized spacial score (nSPS) is 16.5. The van der Waals surface area contributed by atoms with Gasteiger partial charge in [-0.25, -0.2) is 0 Å². The molecular weight excluding hydrogens is 498 g/mol. The van der Waals surface area contributed by atoms with E-state index in [4.69, 9.17) is 18.9 Å². The van der Waals surface area contributed by atoms with E-state index in [1.165, 1.54) is 26.2 Å². The Hall–Kier alpha value is -4.46. The SMILES string of the molecule is COc1cc(C2/C(=C(\O)c3cccc(OCC(C)C)c3)C(=O)C(=O)N2c2ccc(C)cc2)cc(OC)c1OC. The molecule has 0 spiro atoms. The van der Waals surface area contributed by atoms with Crippen molar-refractivity contribution in [2.24, 2.45) is 5.92 Å². The zero-order chi connectivity index (χ0) is 28.3. The Labute approximate surface area is 228 Å². The summed E-state index contributed by atoms with van der Waals surface area (Å²) in [6.45, 7) is 6.50. The Kier molecular flexibility index (Phi) is 8.14. The molecule has 1 fully saturated rings. The molecule has 1 amide bonds. The van der Waals surface area contributed by atoms with Crippen molar-refractivity contribution in [2.75, 3.05) is 32.8 Å². The van der Waals surface area contributed by atoms with Crippen LogP contribution < -0.4 is 23.8 Å². The Morgan fingerprint density at radius 2 is 1.56 bits per heavy atom. The van der Waals surface area contributed by atoms with Gasteiger partial charge in [0.1, 0.15) is 11.5 Å². The summed E-state index contributed by atoms with van der Waals surface area (Å²) < 4.78 is 22.4. The number of aryl methyl sites for hydroxylation is 1. The van der Waals surface area contributed by atoms with Gasteiger partial charge >= 0.3 is 0 Å². The van der Waals surface area contributed by atoms with Crippen LogP contribution in [-0.2, 0) is 9.59 Å². The number of anilines is 1. The topological polar surface area (TPSA) is 94.5 Å². The second-order valence-electron chi connectivity index (χ2n) is 9.70. The molecule has 0 aliphatic carbocycles. The predicted molar refractivity (Wildman–Crippen MR) is 149 cm³/mol. The van der Waals surface area contributed by atoms with E-state index in [0.29, 0.717) is 52.3 Å². The van der Waals surface area contributed by atoms with Crippen LogP contribution in [-0.4, -0.2) is 44.7 Å². The molecule has 4 rings (SSSR count). The second kappa shape index (κ2) is 11.5. The highest BCUT2D eigenvalue weighted by atomic mass is 16.5. The zero-order valence-corrected chi connectivity index (χ0v) is 23.0. The fourth-order valence-corrected chi connectivity index (χ4v) is 4.53. The van der Waals surface area contributed by atoms with E-state index in [-0.39, 0.29) is 11.3 Å². The number of nitrogens with zero attached hydrogens (tertiary/aromatic N) is 1. The largest absolute Gasteiger partial charge is 0.507 e. The lowest BCUT2D eigenvalue weighted by molar-refractivity contribution is -0.132. The van der Waals surface area contributed by atoms with Crippen LogP contribution in [0.5, 0.6) is 23.0 Å². The monoisotopic (exact) mass is 531 g/mol. The molecule has 1 unspecified atom stereocenters. The van der Waals surface area contributed by atoms with Gasteiger partial charge in [0.15, 0.2) is 11.5 Å². The molecule has 1 aliphatic heterocycles. The first-order chi connectivity index (χ1) is 18.7. The number of amides is 1. The summed E-state index contributed by atoms with van der Waals surface area (Å²) in [7, 11) is 4.47. The van der Waals surface area contributed by atoms with Gasteiger partial charge in [-0.2, -0.15) is 0 Å². The highest BCUT2D eigenvalue weighted by molar-refractivity contribution is 6.51. The Balaban J connectivity index is 1.95. The first-order valence-corrected chi connectivity index (χ1v) is 12.6. The number of ketones is 1. The molecule has 0 saturated carbocycles. The van der Waals surface area contributed by atoms with E-state index in [9.17, 15) is 14.7 Å². The number of hydrogen-bond acceptors (Lipinski definition) is 7. The number of ether oxygens (including phenoxy) is 4. The summed E-state index contributed by atoms with van der Waals surface area (Å²) in [6, 6.07) is 16.5. The maximum Gasteiger partial charge on any atom is 0.300 e. The fraction of sp³-hybridized carbons (Fsp3) is 0.290. The third kappa shape index (κ3) is 5.41. The predicted octanol–water partition coefficient (Wildman–Crippen LogP) is 5.68. The average Bonchev–Trinajstić information content (AvgIpc) is 3.21. The van der Waals surface area contributed by atoms with Crippen molar-refractivity contribution >= 4 is 23.1 Å². The zero-order valence-electron chi connectivity index (χ0n) is 23.0. The highest BCUT2D eigenvalue weighted by Gasteiger charge is 2.47. The molecule has 0 radical (unpaired) electrons. The number of benzene rings is 3. The van der Waals surface area contributed by atoms with Gasteiger partial charge in [-0.1, -0.05) is 43.7 Å². The smallest absolute Gasteiger partial charge is 0.300 e. The lowest BCUT2D eigenvalue weighted by Crippen LogP contribution is -2.29. The number of aliphatic hydroxyl groups is 1. The first kappa shape index (κ1) is 27.6. The minimum Gasteiger partial charge on any atom is -0.507 e. The van der Waals surface area contributed by atoms with E-state index in [0.717, 1.165) is 5.56 Å². The number of methoxy groups -OCH3 is 3. The quantitative estimate of drug-likeness (QED) is 0.216. The second-order valence-corrected chi connectivity index (χ2v) is 9.70. The van der Waals surface area contributed by atoms with Crippen LogP contribution in [0.2, 0.25) is 0 Å². The number of Topliss-reactive ketones (excluding diaryl/α,β-unsaturated/α-hetero) is 1. The molecule has 3 aromatic rings. The third-order valence-corrected chi connectivity index (χ3v) is 6.45. The minimum atomic E-state index is -0.971. The van der Waals surface area contributed by atoms with Crippen molar-refractivity contribution in [3.63, 3.8) is 0 Å². The third-order valence-electron chi connectivity index (χ3n) is 6.45. The van der Waals surface area contributed by atoms with Crippen molar-refractivity contribution in [3.05, 3.63) is 82.9 Å². The number of carbonyl (C=O) groups excluding carboxylic acids is 2. The minimum absolute atomic E-state index is 0.0594. The molecule has 204 valence electrons. The van der Waals surface area contributed by atoms with Gasteiger partial charge in [0.2, 0.25) is 5.75 Å². The van der Waals surface area contributed by atoms with Crippen LogP contribution in [0.15, 0.2) is 66.2 Å². The maximum absolute atomic E-state index is 13.6. The van der Waals surface area contributed by atoms with Gasteiger partial charge in [-0.3, -0.25) is 14.5 Å². The molecule has 0 aromatic heterocycles. The van der Waals surface area contributed by atoms with Crippen LogP contribution in [0, 0.1) is 12.8 Å². The van der Waals surface area contributed by atoms with Crippen molar-refractivity contribution in [1.29, 1.82) is 0 Å². The summed E-state index contributed by atoms with van der Waals surface area (Å²) in [5, 5.41) is 11.5. The Morgan fingerprint density at radius 1 is 0.923 bits per heavy atom. The van der Waals surface area contributed by atoms with Crippen LogP contribution in [0.1, 0.15) is 36.6 Å². The van der Waals surface area contributed by atoms with Crippen LogP contribution in [0.4, 0.5) is 5.69 Å². The van der Waals surface area contributed by atoms with Gasteiger partial charge in [0.25, 0.3) is 11.7 Å². The number of hydrogen-bond donors (Lipinski definition) is 1. The molecule has 1 saturated heterocycles. The number of carbonyl (C=O) groups is 2. The lowest BCUT2D eigenvalue weighted by Gasteiger charge is -2.26. The van der Waals surface area contributed by atoms with Crippen molar-refractivity contribution in [1.82, 2.24) is 0 Å². The Morgan fingerprint density at radius 3 is 2.13 bits per heavy atom. The summed E-state index contributed by atoms with van der Waals surface area (Å²) in [6.07, 6.45) is 0. The fourth-order valence-electron chi connectivity index (χ4n) is 4.53. The summed E-state index contributed by atoms with van der Waals surface area (Å²) in [5.74, 6) is 0.0530. The summed E-state index contributed by atoms with van der Waals surface area (Å²) >= 11 is 0. The van der Waals surface area contributed by atoms with Gasteiger partial charge in [-0.15, -0.1) is 0 Å². The average molecular weight is 532 g/mol. The van der Waals surface area contributed by atoms with Gasteiger partial charge in [-0.05, 0) is 54.8 Å². The Bertz CT molecular complexity index is 1380. The molecule has 3 aromatic carbocycles. The molecule has 1 N–H and O–H groups in total. The van der Waals surface area contributed by atoms with Gasteiger partial charge in [0.05, 0.1) is 39.6 Å². The van der Waals surface area contributed by atoms with E-state index >= 15 is 0 Å². The molecule has 8 heteroatoms. The molecule has 39 heavy (non-hydrogen) atoms. The van der Waals surface area contributed by atoms with Crippen molar-refractivity contribution in [3.8, 4) is 23.0 Å². The van der Waals surface area contributed by atoms with Crippen molar-refractivity contribution in [2.45, 2.75) is 26.8 Å². The van der Waals surface area contributed by atoms with Crippen molar-refractivity contribution < 1.29 is 33.6 Å². The summed E-state index contributed by atoms with van der Waals surface area (Å²) in [5.41, 5.74) is 2.30. The van der Waals surface area contributed by atoms with Gasteiger partial charge in [0, 0.05) is 11.3 Å². The standard InChI is InChI=1S/C31H33NO7/c1-18(2)17-39-23-9-7-8-20(14-23)28(33)26-27(21-15-24(36-4)30(38-6)25(16-21)37-5)32(31(35)29(26)34)22-12-10-19(3)11-13-22/h7-16,18,27,33H,17H2,1-6H3/b28-26+. The highest BCUT2D eigenvalue weighted by Crippen LogP contribution is 2.47. The van der Waals surface area contributed by atoms with E-state index in [1.807, 2.05) is 32.9 Å². The van der Waals surface area contributed by atoms with E-state index in [2.05, 4.69) is 0 Å². The molecule has 1 heterocycles. The van der Waals surface area contributed by atoms with E-state index in [1.54, 1.807) is 48.5 Å². The van der Waals surface area contributed by atoms with Gasteiger partial charge < -0.3 is 24.1 Å². The summed E-state index contributed by atoms with van der Waals surface area (Å²) in [4.78, 5) is 28.5. The van der Waals surface area contributed by atoms with Crippen LogP contribution >= 0.6 is 0 Å². The molecule has 8 nitrogen and oxygen atoms in total. The first-order valence-electron chi connectivity index (χ1n) is 12.6. The number of aliphatic hydroxyl groups excluding tert-OH is 1. The molecular formula is C31H33NO7.